The van der Waals surface area contributed by atoms with Gasteiger partial charge >= 0.3 is 0 Å². The van der Waals surface area contributed by atoms with E-state index in [4.69, 9.17) is 0 Å². The number of aromatic amines is 1. The standard InChI is InChI=1S/C26H26N2/c1-15-12-18-22-17-9-5-7-11-21(17)28-25(22)23(24(18)26(2,3)13-15)19-14-27-20-10-6-4-8-16(19)20/h4-12,14,23-25,27-28H,13H2,1-3H3/t23-,24+,25?/m0/s1. The Morgan fingerprint density at radius 2 is 1.79 bits per heavy atom. The summed E-state index contributed by atoms with van der Waals surface area (Å²) in [5.41, 5.74) is 10.2. The molecule has 0 fully saturated rings. The van der Waals surface area contributed by atoms with E-state index in [1.165, 1.54) is 45.3 Å². The van der Waals surface area contributed by atoms with E-state index in [2.05, 4.69) is 91.9 Å². The summed E-state index contributed by atoms with van der Waals surface area (Å²) in [6, 6.07) is 17.9. The molecule has 28 heavy (non-hydrogen) atoms. The number of hydrogen-bond acceptors (Lipinski definition) is 1. The van der Waals surface area contributed by atoms with Gasteiger partial charge in [-0.2, -0.15) is 0 Å². The molecule has 0 spiro atoms. The molecule has 1 aromatic heterocycles. The molecule has 3 aromatic rings. The van der Waals surface area contributed by atoms with Crippen molar-refractivity contribution in [2.45, 2.75) is 39.2 Å². The largest absolute Gasteiger partial charge is 0.377 e. The number of benzene rings is 2. The van der Waals surface area contributed by atoms with Crippen molar-refractivity contribution < 1.29 is 0 Å². The number of hydrogen-bond donors (Lipinski definition) is 2. The van der Waals surface area contributed by atoms with E-state index >= 15 is 0 Å². The number of H-pyrrole nitrogens is 1. The van der Waals surface area contributed by atoms with E-state index in [0.717, 1.165) is 0 Å². The second kappa shape index (κ2) is 5.41. The Morgan fingerprint density at radius 1 is 1.00 bits per heavy atom. The number of allylic oxidation sites excluding steroid dienone is 3. The van der Waals surface area contributed by atoms with Crippen LogP contribution in [0.4, 0.5) is 5.69 Å². The minimum absolute atomic E-state index is 0.241. The van der Waals surface area contributed by atoms with Crippen molar-refractivity contribution in [2.24, 2.45) is 11.3 Å². The lowest BCUT2D eigenvalue weighted by Crippen LogP contribution is -2.35. The van der Waals surface area contributed by atoms with Crippen LogP contribution < -0.4 is 5.32 Å². The molecular formula is C26H26N2. The summed E-state index contributed by atoms with van der Waals surface area (Å²) in [5, 5.41) is 5.28. The maximum Gasteiger partial charge on any atom is 0.0598 e. The van der Waals surface area contributed by atoms with Crippen molar-refractivity contribution in [3.63, 3.8) is 0 Å². The highest BCUT2D eigenvalue weighted by atomic mass is 15.0. The van der Waals surface area contributed by atoms with Gasteiger partial charge in [-0.25, -0.2) is 0 Å². The first-order valence-electron chi connectivity index (χ1n) is 10.4. The van der Waals surface area contributed by atoms with Crippen LogP contribution in [0.1, 0.15) is 44.2 Å². The summed E-state index contributed by atoms with van der Waals surface area (Å²) in [7, 11) is 0. The maximum absolute atomic E-state index is 3.91. The van der Waals surface area contributed by atoms with Crippen molar-refractivity contribution >= 4 is 22.2 Å². The minimum atomic E-state index is 0.241. The minimum Gasteiger partial charge on any atom is -0.377 e. The highest BCUT2D eigenvalue weighted by molar-refractivity contribution is 5.94. The maximum atomic E-state index is 3.91. The molecule has 0 bridgehead atoms. The van der Waals surface area contributed by atoms with Crippen molar-refractivity contribution in [1.82, 2.24) is 4.98 Å². The van der Waals surface area contributed by atoms with Crippen LogP contribution in [-0.4, -0.2) is 11.0 Å². The number of para-hydroxylation sites is 2. The van der Waals surface area contributed by atoms with Gasteiger partial charge < -0.3 is 10.3 Å². The molecule has 3 aliphatic rings. The predicted molar refractivity (Wildman–Crippen MR) is 117 cm³/mol. The Bertz CT molecular complexity index is 1170. The van der Waals surface area contributed by atoms with Gasteiger partial charge in [-0.15, -0.1) is 0 Å². The predicted octanol–water partition coefficient (Wildman–Crippen LogP) is 6.51. The third-order valence-corrected chi connectivity index (χ3v) is 7.16. The molecule has 0 radical (unpaired) electrons. The molecule has 2 heteroatoms. The van der Waals surface area contributed by atoms with Crippen molar-refractivity contribution in [1.29, 1.82) is 0 Å². The van der Waals surface area contributed by atoms with E-state index in [9.17, 15) is 0 Å². The first-order valence-corrected chi connectivity index (χ1v) is 10.4. The first-order chi connectivity index (χ1) is 13.5. The van der Waals surface area contributed by atoms with Crippen LogP contribution in [0.15, 0.2) is 72.0 Å². The lowest BCUT2D eigenvalue weighted by molar-refractivity contribution is 0.213. The molecule has 140 valence electrons. The van der Waals surface area contributed by atoms with Gasteiger partial charge in [0.05, 0.1) is 6.04 Å². The lowest BCUT2D eigenvalue weighted by Gasteiger charge is -2.42. The number of fused-ring (bicyclic) bond motifs is 5. The molecule has 3 atom stereocenters. The van der Waals surface area contributed by atoms with Crippen molar-refractivity contribution in [2.75, 3.05) is 5.32 Å². The molecule has 2 aliphatic carbocycles. The van der Waals surface area contributed by atoms with Crippen LogP contribution in [0, 0.1) is 11.3 Å². The van der Waals surface area contributed by atoms with Gasteiger partial charge in [0.15, 0.2) is 0 Å². The van der Waals surface area contributed by atoms with Crippen LogP contribution in [-0.2, 0) is 0 Å². The van der Waals surface area contributed by atoms with Gasteiger partial charge in [0.25, 0.3) is 0 Å². The van der Waals surface area contributed by atoms with Crippen LogP contribution in [0.25, 0.3) is 16.5 Å². The Kier molecular flexibility index (Phi) is 3.14. The van der Waals surface area contributed by atoms with E-state index in [0.29, 0.717) is 17.9 Å². The Labute approximate surface area is 166 Å². The molecule has 1 unspecified atom stereocenters. The number of nitrogens with one attached hydrogen (secondary N) is 2. The van der Waals surface area contributed by atoms with Gasteiger partial charge in [-0.3, -0.25) is 0 Å². The second-order valence-electron chi connectivity index (χ2n) is 9.49. The smallest absolute Gasteiger partial charge is 0.0598 e. The van der Waals surface area contributed by atoms with Gasteiger partial charge in [-0.1, -0.05) is 61.9 Å². The van der Waals surface area contributed by atoms with E-state index in [1.807, 2.05) is 0 Å². The average Bonchev–Trinajstić information content (AvgIpc) is 3.32. The third-order valence-electron chi connectivity index (χ3n) is 7.16. The van der Waals surface area contributed by atoms with Crippen molar-refractivity contribution in [3.8, 4) is 0 Å². The van der Waals surface area contributed by atoms with Gasteiger partial charge in [-0.05, 0) is 53.5 Å². The molecule has 0 amide bonds. The van der Waals surface area contributed by atoms with Gasteiger partial charge in [0.2, 0.25) is 0 Å². The zero-order valence-corrected chi connectivity index (χ0v) is 16.7. The summed E-state index contributed by atoms with van der Waals surface area (Å²) in [4.78, 5) is 3.54. The normalized spacial score (nSPS) is 27.2. The summed E-state index contributed by atoms with van der Waals surface area (Å²) in [5.74, 6) is 0.962. The Balaban J connectivity index is 1.63. The molecule has 2 nitrogen and oxygen atoms in total. The fourth-order valence-corrected chi connectivity index (χ4v) is 6.36. The average molecular weight is 367 g/mol. The van der Waals surface area contributed by atoms with Gasteiger partial charge in [0, 0.05) is 34.3 Å². The topological polar surface area (TPSA) is 27.8 Å². The number of aromatic nitrogens is 1. The van der Waals surface area contributed by atoms with Crippen LogP contribution in [0.3, 0.4) is 0 Å². The Morgan fingerprint density at radius 3 is 2.68 bits per heavy atom. The van der Waals surface area contributed by atoms with Crippen molar-refractivity contribution in [3.05, 3.63) is 83.1 Å². The molecule has 2 heterocycles. The highest BCUT2D eigenvalue weighted by Crippen LogP contribution is 2.62. The lowest BCUT2D eigenvalue weighted by atomic mass is 9.63. The molecular weight excluding hydrogens is 340 g/mol. The molecule has 6 rings (SSSR count). The summed E-state index contributed by atoms with van der Waals surface area (Å²) < 4.78 is 0. The van der Waals surface area contributed by atoms with E-state index in [-0.39, 0.29) is 5.41 Å². The van der Waals surface area contributed by atoms with E-state index < -0.39 is 0 Å². The first kappa shape index (κ1) is 16.2. The zero-order valence-electron chi connectivity index (χ0n) is 16.7. The van der Waals surface area contributed by atoms with Crippen LogP contribution in [0.2, 0.25) is 0 Å². The monoisotopic (exact) mass is 366 g/mol. The zero-order chi connectivity index (χ0) is 19.0. The Hall–Kier alpha value is -2.74. The van der Waals surface area contributed by atoms with Crippen LogP contribution >= 0.6 is 0 Å². The quantitative estimate of drug-likeness (QED) is 0.505. The third kappa shape index (κ3) is 2.03. The molecule has 2 aromatic carbocycles. The molecule has 2 N–H and O–H groups in total. The van der Waals surface area contributed by atoms with E-state index in [1.54, 1.807) is 5.57 Å². The highest BCUT2D eigenvalue weighted by Gasteiger charge is 2.53. The SMILES string of the molecule is CC1=CC2=C3c4ccccc4NC3[C@@H](c3c[nH]c4ccccc34)[C@@H]2C(C)(C)C1. The summed E-state index contributed by atoms with van der Waals surface area (Å²) >= 11 is 0. The molecule has 1 aliphatic heterocycles. The molecule has 0 saturated carbocycles. The fraction of sp³-hybridized carbons (Fsp3) is 0.308. The number of rotatable bonds is 1. The molecule has 0 saturated heterocycles. The summed E-state index contributed by atoms with van der Waals surface area (Å²) in [6.07, 6.45) is 5.93. The second-order valence-corrected chi connectivity index (χ2v) is 9.49. The number of anilines is 1. The van der Waals surface area contributed by atoms with Gasteiger partial charge in [0.1, 0.15) is 0 Å². The fourth-order valence-electron chi connectivity index (χ4n) is 6.36. The van der Waals surface area contributed by atoms with Crippen LogP contribution in [0.5, 0.6) is 0 Å². The summed E-state index contributed by atoms with van der Waals surface area (Å²) in [6.45, 7) is 7.22.